The van der Waals surface area contributed by atoms with Crippen molar-refractivity contribution in [3.8, 4) is 0 Å². The molecule has 1 saturated carbocycles. The van der Waals surface area contributed by atoms with E-state index in [9.17, 15) is 4.79 Å². The van der Waals surface area contributed by atoms with Crippen molar-refractivity contribution in [2.75, 3.05) is 0 Å². The highest BCUT2D eigenvalue weighted by Gasteiger charge is 2.13. The Kier molecular flexibility index (Phi) is 4.18. The molecule has 0 bridgehead atoms. The van der Waals surface area contributed by atoms with Crippen LogP contribution < -0.4 is 5.43 Å². The molecule has 4 nitrogen and oxygen atoms in total. The third-order valence-corrected chi connectivity index (χ3v) is 3.39. The van der Waals surface area contributed by atoms with Crippen molar-refractivity contribution < 1.29 is 9.21 Å². The number of hydrogen-bond acceptors (Lipinski definition) is 3. The van der Waals surface area contributed by atoms with Crippen LogP contribution in [-0.2, 0) is 0 Å². The van der Waals surface area contributed by atoms with Gasteiger partial charge in [0.05, 0.1) is 5.56 Å². The van der Waals surface area contributed by atoms with Crippen molar-refractivity contribution in [3.05, 3.63) is 23.2 Å². The summed E-state index contributed by atoms with van der Waals surface area (Å²) in [5, 5.41) is 4.06. The fourth-order valence-corrected chi connectivity index (χ4v) is 2.40. The van der Waals surface area contributed by atoms with Gasteiger partial charge >= 0.3 is 0 Å². The van der Waals surface area contributed by atoms with Crippen LogP contribution in [-0.4, -0.2) is 12.1 Å². The van der Waals surface area contributed by atoms with Crippen LogP contribution in [0.25, 0.3) is 0 Å². The first-order chi connectivity index (χ1) is 8.66. The van der Waals surface area contributed by atoms with E-state index in [4.69, 9.17) is 4.42 Å². The van der Waals surface area contributed by atoms with Gasteiger partial charge in [-0.2, -0.15) is 5.10 Å². The predicted octanol–water partition coefficient (Wildman–Crippen LogP) is 3.19. The van der Waals surface area contributed by atoms with Gasteiger partial charge in [-0.1, -0.05) is 19.3 Å². The zero-order chi connectivity index (χ0) is 13.0. The number of carbonyl (C=O) groups is 1. The predicted molar refractivity (Wildman–Crippen MR) is 70.7 cm³/mol. The first kappa shape index (κ1) is 12.9. The maximum atomic E-state index is 11.8. The number of nitrogens with zero attached hydrogens (tertiary/aromatic N) is 1. The van der Waals surface area contributed by atoms with E-state index >= 15 is 0 Å². The fraction of sp³-hybridized carbons (Fsp3) is 0.571. The zero-order valence-electron chi connectivity index (χ0n) is 11.0. The molecule has 0 radical (unpaired) electrons. The summed E-state index contributed by atoms with van der Waals surface area (Å²) < 4.78 is 5.32. The van der Waals surface area contributed by atoms with Gasteiger partial charge in [0.1, 0.15) is 11.5 Å². The summed E-state index contributed by atoms with van der Waals surface area (Å²) >= 11 is 0. The molecule has 2 rings (SSSR count). The molecule has 1 aliphatic carbocycles. The molecule has 1 amide bonds. The lowest BCUT2D eigenvalue weighted by Gasteiger charge is -2.16. The Labute approximate surface area is 107 Å². The monoisotopic (exact) mass is 248 g/mol. The van der Waals surface area contributed by atoms with E-state index in [-0.39, 0.29) is 5.91 Å². The average molecular weight is 248 g/mol. The van der Waals surface area contributed by atoms with Crippen LogP contribution in [0.3, 0.4) is 0 Å². The zero-order valence-corrected chi connectivity index (χ0v) is 11.0. The van der Waals surface area contributed by atoms with Gasteiger partial charge in [-0.25, -0.2) is 5.43 Å². The summed E-state index contributed by atoms with van der Waals surface area (Å²) in [5.41, 5.74) is 3.13. The van der Waals surface area contributed by atoms with Gasteiger partial charge in [-0.3, -0.25) is 4.79 Å². The lowest BCUT2D eigenvalue weighted by atomic mass is 9.90. The van der Waals surface area contributed by atoms with Crippen molar-refractivity contribution in [1.82, 2.24) is 5.43 Å². The molecule has 0 aliphatic heterocycles. The van der Waals surface area contributed by atoms with Crippen LogP contribution in [0.1, 0.15) is 54.0 Å². The van der Waals surface area contributed by atoms with Crippen LogP contribution in [0.15, 0.2) is 15.6 Å². The van der Waals surface area contributed by atoms with E-state index in [1.165, 1.54) is 32.1 Å². The molecule has 0 aromatic carbocycles. The average Bonchev–Trinajstić information content (AvgIpc) is 2.70. The number of hydrogen-bond donors (Lipinski definition) is 1. The minimum atomic E-state index is -0.198. The van der Waals surface area contributed by atoms with E-state index in [0.29, 0.717) is 17.2 Å². The van der Waals surface area contributed by atoms with Gasteiger partial charge in [-0.15, -0.1) is 0 Å². The second-order valence-corrected chi connectivity index (χ2v) is 4.94. The lowest BCUT2D eigenvalue weighted by Crippen LogP contribution is -2.19. The summed E-state index contributed by atoms with van der Waals surface area (Å²) in [7, 11) is 0. The first-order valence-corrected chi connectivity index (χ1v) is 6.57. The topological polar surface area (TPSA) is 54.6 Å². The number of hydrazone groups is 1. The minimum absolute atomic E-state index is 0.198. The van der Waals surface area contributed by atoms with Gasteiger partial charge in [0.15, 0.2) is 0 Å². The SMILES string of the molecule is Cc1cc(C(=O)N/N=C/C2CCCCC2)c(C)o1. The van der Waals surface area contributed by atoms with Crippen molar-refractivity contribution in [1.29, 1.82) is 0 Å². The molecule has 1 fully saturated rings. The second kappa shape index (κ2) is 5.85. The number of rotatable bonds is 3. The van der Waals surface area contributed by atoms with Crippen molar-refractivity contribution in [2.24, 2.45) is 11.0 Å². The largest absolute Gasteiger partial charge is 0.466 e. The molecule has 1 heterocycles. The minimum Gasteiger partial charge on any atom is -0.466 e. The van der Waals surface area contributed by atoms with E-state index in [2.05, 4.69) is 10.5 Å². The molecule has 0 atom stereocenters. The maximum absolute atomic E-state index is 11.8. The number of amides is 1. The smallest absolute Gasteiger partial charge is 0.274 e. The molecule has 1 N–H and O–H groups in total. The van der Waals surface area contributed by atoms with Gasteiger partial charge < -0.3 is 4.42 Å². The molecule has 1 aliphatic rings. The molecule has 0 spiro atoms. The van der Waals surface area contributed by atoms with Gasteiger partial charge in [0, 0.05) is 6.21 Å². The van der Waals surface area contributed by atoms with Crippen LogP contribution in [0.2, 0.25) is 0 Å². The Morgan fingerprint density at radius 2 is 2.11 bits per heavy atom. The van der Waals surface area contributed by atoms with E-state index in [0.717, 1.165) is 5.76 Å². The van der Waals surface area contributed by atoms with E-state index < -0.39 is 0 Å². The third-order valence-electron chi connectivity index (χ3n) is 3.39. The van der Waals surface area contributed by atoms with Gasteiger partial charge in [0.25, 0.3) is 5.91 Å². The number of aryl methyl sites for hydroxylation is 2. The lowest BCUT2D eigenvalue weighted by molar-refractivity contribution is 0.0953. The Morgan fingerprint density at radius 3 is 2.72 bits per heavy atom. The second-order valence-electron chi connectivity index (χ2n) is 4.94. The van der Waals surface area contributed by atoms with Crippen LogP contribution >= 0.6 is 0 Å². The normalized spacial score (nSPS) is 17.2. The molecular weight excluding hydrogens is 228 g/mol. The van der Waals surface area contributed by atoms with Gasteiger partial charge in [-0.05, 0) is 38.7 Å². The highest BCUT2D eigenvalue weighted by Crippen LogP contribution is 2.21. The summed E-state index contributed by atoms with van der Waals surface area (Å²) in [6.45, 7) is 3.61. The first-order valence-electron chi connectivity index (χ1n) is 6.57. The highest BCUT2D eigenvalue weighted by molar-refractivity contribution is 5.95. The summed E-state index contributed by atoms with van der Waals surface area (Å²) in [6, 6.07) is 1.74. The molecule has 98 valence electrons. The number of nitrogens with one attached hydrogen (secondary N) is 1. The maximum Gasteiger partial charge on any atom is 0.274 e. The van der Waals surface area contributed by atoms with E-state index in [1.54, 1.807) is 13.0 Å². The molecule has 1 aromatic heterocycles. The summed E-state index contributed by atoms with van der Waals surface area (Å²) in [5.74, 6) is 1.70. The van der Waals surface area contributed by atoms with Crippen LogP contribution in [0.4, 0.5) is 0 Å². The standard InChI is InChI=1S/C14H20N2O2/c1-10-8-13(11(2)18-10)14(17)16-15-9-12-6-4-3-5-7-12/h8-9,12H,3-7H2,1-2H3,(H,16,17)/b15-9+. The van der Waals surface area contributed by atoms with Gasteiger partial charge in [0.2, 0.25) is 0 Å². The Hall–Kier alpha value is -1.58. The molecule has 0 unspecified atom stereocenters. The number of carbonyl (C=O) groups excluding carboxylic acids is 1. The van der Waals surface area contributed by atoms with Crippen LogP contribution in [0.5, 0.6) is 0 Å². The molecular formula is C14H20N2O2. The quantitative estimate of drug-likeness (QED) is 0.659. The summed E-state index contributed by atoms with van der Waals surface area (Å²) in [6.07, 6.45) is 8.10. The molecule has 0 saturated heterocycles. The van der Waals surface area contributed by atoms with Crippen molar-refractivity contribution in [2.45, 2.75) is 46.0 Å². The highest BCUT2D eigenvalue weighted by atomic mass is 16.3. The number of furan rings is 1. The molecule has 4 heteroatoms. The van der Waals surface area contributed by atoms with Crippen molar-refractivity contribution >= 4 is 12.1 Å². The van der Waals surface area contributed by atoms with Crippen LogP contribution in [0, 0.1) is 19.8 Å². The molecule has 1 aromatic rings. The fourth-order valence-electron chi connectivity index (χ4n) is 2.40. The Morgan fingerprint density at radius 1 is 1.39 bits per heavy atom. The summed E-state index contributed by atoms with van der Waals surface area (Å²) in [4.78, 5) is 11.8. The van der Waals surface area contributed by atoms with Crippen molar-refractivity contribution in [3.63, 3.8) is 0 Å². The Bertz CT molecular complexity index is 443. The Balaban J connectivity index is 1.87. The van der Waals surface area contributed by atoms with E-state index in [1.807, 2.05) is 13.1 Å². The third kappa shape index (κ3) is 3.22. The molecule has 18 heavy (non-hydrogen) atoms.